The van der Waals surface area contributed by atoms with Gasteiger partial charge in [-0.05, 0) is 52.4 Å². The predicted octanol–water partition coefficient (Wildman–Crippen LogP) is 3.47. The lowest BCUT2D eigenvalue weighted by Crippen LogP contribution is -2.51. The Bertz CT molecular complexity index is 412. The number of hydrogen-bond acceptors (Lipinski definition) is 4. The molecular formula is C16H28N2O2. The van der Waals surface area contributed by atoms with Gasteiger partial charge >= 0.3 is 5.97 Å². The van der Waals surface area contributed by atoms with E-state index in [4.69, 9.17) is 4.74 Å². The molecule has 0 saturated carbocycles. The van der Waals surface area contributed by atoms with Gasteiger partial charge in [0.2, 0.25) is 0 Å². The summed E-state index contributed by atoms with van der Waals surface area (Å²) >= 11 is 0. The molecule has 0 bridgehead atoms. The molecule has 0 aromatic carbocycles. The Morgan fingerprint density at radius 2 is 1.90 bits per heavy atom. The number of rotatable bonds is 2. The summed E-state index contributed by atoms with van der Waals surface area (Å²) < 4.78 is 5.50. The standard InChI is InChI=1S/C16H28N2O2/c1-14(2,3)10-12-8-9-16(7,18(12)11-17)13(19)20-15(4,5)6/h12H,8-10H2,1-7H3. The lowest BCUT2D eigenvalue weighted by Gasteiger charge is -2.36. The van der Waals surface area contributed by atoms with Crippen LogP contribution in [0.1, 0.15) is 67.7 Å². The fourth-order valence-corrected chi connectivity index (χ4v) is 2.78. The van der Waals surface area contributed by atoms with Gasteiger partial charge in [0.25, 0.3) is 0 Å². The van der Waals surface area contributed by atoms with Crippen LogP contribution >= 0.6 is 0 Å². The van der Waals surface area contributed by atoms with Crippen LogP contribution in [0.25, 0.3) is 0 Å². The third-order valence-corrected chi connectivity index (χ3v) is 3.66. The Kier molecular flexibility index (Phi) is 4.43. The second kappa shape index (κ2) is 5.27. The van der Waals surface area contributed by atoms with Crippen molar-refractivity contribution in [2.24, 2.45) is 5.41 Å². The summed E-state index contributed by atoms with van der Waals surface area (Å²) in [5, 5.41) is 9.48. The van der Waals surface area contributed by atoms with E-state index in [1.54, 1.807) is 4.90 Å². The van der Waals surface area contributed by atoms with Gasteiger partial charge in [0.1, 0.15) is 11.1 Å². The summed E-state index contributed by atoms with van der Waals surface area (Å²) in [6.07, 6.45) is 4.67. The molecule has 1 heterocycles. The largest absolute Gasteiger partial charge is 0.458 e. The van der Waals surface area contributed by atoms with Crippen LogP contribution in [-0.2, 0) is 9.53 Å². The topological polar surface area (TPSA) is 53.3 Å². The maximum absolute atomic E-state index is 12.4. The zero-order chi connectivity index (χ0) is 15.8. The monoisotopic (exact) mass is 280 g/mol. The highest BCUT2D eigenvalue weighted by Gasteiger charge is 2.50. The zero-order valence-electron chi connectivity index (χ0n) is 13.9. The van der Waals surface area contributed by atoms with Crippen molar-refractivity contribution >= 4 is 5.97 Å². The first-order valence-electron chi connectivity index (χ1n) is 7.31. The van der Waals surface area contributed by atoms with Crippen molar-refractivity contribution in [3.8, 4) is 6.19 Å². The van der Waals surface area contributed by atoms with Gasteiger partial charge in [0.05, 0.1) is 0 Å². The highest BCUT2D eigenvalue weighted by molar-refractivity contribution is 5.81. The number of hydrogen-bond donors (Lipinski definition) is 0. The average Bonchev–Trinajstić information content (AvgIpc) is 2.51. The van der Waals surface area contributed by atoms with Crippen LogP contribution in [0.2, 0.25) is 0 Å². The molecule has 0 aliphatic carbocycles. The van der Waals surface area contributed by atoms with Crippen molar-refractivity contribution in [2.75, 3.05) is 0 Å². The third-order valence-electron chi connectivity index (χ3n) is 3.66. The van der Waals surface area contributed by atoms with Crippen molar-refractivity contribution in [3.63, 3.8) is 0 Å². The molecule has 1 rings (SSSR count). The second-order valence-electron chi connectivity index (χ2n) is 8.20. The molecule has 1 fully saturated rings. The highest BCUT2D eigenvalue weighted by Crippen LogP contribution is 2.39. The first kappa shape index (κ1) is 16.8. The molecule has 2 unspecified atom stereocenters. The molecule has 0 aromatic heterocycles. The SMILES string of the molecule is CC(C)(C)CC1CCC(C)(C(=O)OC(C)(C)C)N1C#N. The molecule has 20 heavy (non-hydrogen) atoms. The summed E-state index contributed by atoms with van der Waals surface area (Å²) in [7, 11) is 0. The molecule has 1 saturated heterocycles. The lowest BCUT2D eigenvalue weighted by atomic mass is 9.87. The van der Waals surface area contributed by atoms with Crippen LogP contribution in [0.3, 0.4) is 0 Å². The van der Waals surface area contributed by atoms with Crippen LogP contribution < -0.4 is 0 Å². The van der Waals surface area contributed by atoms with Crippen LogP contribution in [0, 0.1) is 16.9 Å². The number of carbonyl (C=O) groups is 1. The minimum Gasteiger partial charge on any atom is -0.458 e. The van der Waals surface area contributed by atoms with E-state index >= 15 is 0 Å². The van der Waals surface area contributed by atoms with E-state index in [1.165, 1.54) is 0 Å². The quantitative estimate of drug-likeness (QED) is 0.574. The lowest BCUT2D eigenvalue weighted by molar-refractivity contribution is -0.166. The summed E-state index contributed by atoms with van der Waals surface area (Å²) in [5.41, 5.74) is -1.21. The van der Waals surface area contributed by atoms with Gasteiger partial charge in [-0.2, -0.15) is 5.26 Å². The van der Waals surface area contributed by atoms with Gasteiger partial charge < -0.3 is 4.74 Å². The smallest absolute Gasteiger partial charge is 0.332 e. The van der Waals surface area contributed by atoms with Gasteiger partial charge in [0.15, 0.2) is 6.19 Å². The number of likely N-dealkylation sites (tertiary alicyclic amines) is 1. The maximum Gasteiger partial charge on any atom is 0.332 e. The molecule has 0 radical (unpaired) electrons. The Morgan fingerprint density at radius 3 is 2.30 bits per heavy atom. The van der Waals surface area contributed by atoms with Crippen molar-refractivity contribution in [1.29, 1.82) is 5.26 Å². The fraction of sp³-hybridized carbons (Fsp3) is 0.875. The predicted molar refractivity (Wildman–Crippen MR) is 78.8 cm³/mol. The molecule has 1 aliphatic rings. The van der Waals surface area contributed by atoms with Crippen molar-refractivity contribution in [1.82, 2.24) is 4.90 Å². The first-order valence-corrected chi connectivity index (χ1v) is 7.31. The Labute approximate surface area is 123 Å². The number of esters is 1. The van der Waals surface area contributed by atoms with E-state index in [0.29, 0.717) is 6.42 Å². The maximum atomic E-state index is 12.4. The van der Waals surface area contributed by atoms with E-state index in [-0.39, 0.29) is 17.4 Å². The summed E-state index contributed by atoms with van der Waals surface area (Å²) in [6.45, 7) is 13.9. The fourth-order valence-electron chi connectivity index (χ4n) is 2.78. The molecule has 2 atom stereocenters. The minimum absolute atomic E-state index is 0.123. The second-order valence-corrected chi connectivity index (χ2v) is 8.20. The number of nitriles is 1. The Balaban J connectivity index is 2.91. The highest BCUT2D eigenvalue weighted by atomic mass is 16.6. The normalized spacial score (nSPS) is 27.3. The van der Waals surface area contributed by atoms with Crippen LogP contribution in [0.5, 0.6) is 0 Å². The van der Waals surface area contributed by atoms with Crippen molar-refractivity contribution in [2.45, 2.75) is 84.9 Å². The Morgan fingerprint density at radius 1 is 1.35 bits per heavy atom. The first-order chi connectivity index (χ1) is 8.89. The number of ether oxygens (including phenoxy) is 1. The van der Waals surface area contributed by atoms with Gasteiger partial charge in [-0.3, -0.25) is 4.90 Å². The molecule has 1 aliphatic heterocycles. The van der Waals surface area contributed by atoms with Crippen molar-refractivity contribution < 1.29 is 9.53 Å². The van der Waals surface area contributed by atoms with Crippen LogP contribution in [-0.4, -0.2) is 28.1 Å². The van der Waals surface area contributed by atoms with E-state index in [9.17, 15) is 10.1 Å². The Hall–Kier alpha value is -1.24. The van der Waals surface area contributed by atoms with Gasteiger partial charge in [-0.25, -0.2) is 4.79 Å². The minimum atomic E-state index is -0.821. The number of carbonyl (C=O) groups excluding carboxylic acids is 1. The molecular weight excluding hydrogens is 252 g/mol. The average molecular weight is 280 g/mol. The van der Waals surface area contributed by atoms with Gasteiger partial charge in [-0.1, -0.05) is 20.8 Å². The van der Waals surface area contributed by atoms with E-state index < -0.39 is 11.1 Å². The van der Waals surface area contributed by atoms with E-state index in [2.05, 4.69) is 27.0 Å². The summed E-state index contributed by atoms with van der Waals surface area (Å²) in [5.74, 6) is -0.289. The van der Waals surface area contributed by atoms with E-state index in [1.807, 2.05) is 27.7 Å². The van der Waals surface area contributed by atoms with Gasteiger partial charge in [-0.15, -0.1) is 0 Å². The molecule has 0 amide bonds. The van der Waals surface area contributed by atoms with Crippen molar-refractivity contribution in [3.05, 3.63) is 0 Å². The third kappa shape index (κ3) is 3.88. The molecule has 4 heteroatoms. The molecule has 114 valence electrons. The van der Waals surface area contributed by atoms with Crippen LogP contribution in [0.4, 0.5) is 0 Å². The molecule has 4 nitrogen and oxygen atoms in total. The van der Waals surface area contributed by atoms with Gasteiger partial charge in [0, 0.05) is 6.04 Å². The van der Waals surface area contributed by atoms with E-state index in [0.717, 1.165) is 12.8 Å². The number of nitrogens with zero attached hydrogens (tertiary/aromatic N) is 2. The summed E-state index contributed by atoms with van der Waals surface area (Å²) in [6, 6.07) is 0.123. The molecule has 0 aromatic rings. The molecule has 0 N–H and O–H groups in total. The summed E-state index contributed by atoms with van der Waals surface area (Å²) in [4.78, 5) is 14.1. The molecule has 0 spiro atoms. The van der Waals surface area contributed by atoms with Crippen LogP contribution in [0.15, 0.2) is 0 Å². The zero-order valence-corrected chi connectivity index (χ0v) is 13.9.